The Bertz CT molecular complexity index is 831. The molecule has 0 radical (unpaired) electrons. The van der Waals surface area contributed by atoms with Crippen LogP contribution in [0.3, 0.4) is 0 Å². The number of benzene rings is 2. The number of rotatable bonds is 5. The molecule has 0 spiro atoms. The summed E-state index contributed by atoms with van der Waals surface area (Å²) in [4.78, 5) is 28.1. The molecule has 2 aromatic carbocycles. The Hall–Kier alpha value is -2.47. The maximum absolute atomic E-state index is 13.1. The van der Waals surface area contributed by atoms with E-state index < -0.39 is 22.9 Å². The number of carbonyl (C=O) groups excluding carboxylic acids is 2. The Balaban J connectivity index is 1.89. The fourth-order valence-electron chi connectivity index (χ4n) is 3.23. The Morgan fingerprint density at radius 2 is 1.59 bits per heavy atom. The lowest BCUT2D eigenvalue weighted by atomic mass is 10.1. The highest BCUT2D eigenvalue weighted by atomic mass is 32.2. The van der Waals surface area contributed by atoms with Crippen molar-refractivity contribution in [1.82, 2.24) is 4.90 Å². The van der Waals surface area contributed by atoms with Crippen LogP contribution >= 0.6 is 0 Å². The highest BCUT2D eigenvalue weighted by molar-refractivity contribution is 7.84. The summed E-state index contributed by atoms with van der Waals surface area (Å²) in [6, 6.07) is 15.7. The lowest BCUT2D eigenvalue weighted by Gasteiger charge is -2.30. The van der Waals surface area contributed by atoms with Crippen LogP contribution in [-0.2, 0) is 20.3 Å². The molecule has 1 saturated heterocycles. The van der Waals surface area contributed by atoms with Crippen molar-refractivity contribution < 1.29 is 18.5 Å². The van der Waals surface area contributed by atoms with Crippen LogP contribution in [0.1, 0.15) is 41.3 Å². The second kappa shape index (κ2) is 8.95. The Labute approximate surface area is 161 Å². The molecule has 0 N–H and O–H groups in total. The van der Waals surface area contributed by atoms with E-state index in [9.17, 15) is 13.8 Å². The average molecular weight is 385 g/mol. The van der Waals surface area contributed by atoms with Crippen LogP contribution in [0.2, 0.25) is 0 Å². The maximum Gasteiger partial charge on any atom is 0.340 e. The molecule has 0 aliphatic carbocycles. The molecule has 0 bridgehead atoms. The summed E-state index contributed by atoms with van der Waals surface area (Å²) in [6.45, 7) is 1.35. The van der Waals surface area contributed by atoms with E-state index in [0.717, 1.165) is 19.3 Å². The first kappa shape index (κ1) is 19.3. The Morgan fingerprint density at radius 3 is 2.26 bits per heavy atom. The van der Waals surface area contributed by atoms with Crippen LogP contribution in [0.5, 0.6) is 0 Å². The number of ether oxygens (including phenoxy) is 1. The quantitative estimate of drug-likeness (QED) is 0.741. The van der Waals surface area contributed by atoms with Gasteiger partial charge in [-0.3, -0.25) is 9.00 Å². The first-order valence-electron chi connectivity index (χ1n) is 9.05. The molecule has 0 saturated carbocycles. The SMILES string of the molecule is C[S@](=O)c1ccccc1C(=O)O[C@H](C(=O)N1CCCCC1)c1ccccc1. The molecule has 27 heavy (non-hydrogen) atoms. The number of nitrogens with zero attached hydrogens (tertiary/aromatic N) is 1. The Morgan fingerprint density at radius 1 is 0.963 bits per heavy atom. The maximum atomic E-state index is 13.1. The number of esters is 1. The van der Waals surface area contributed by atoms with Crippen molar-refractivity contribution in [3.63, 3.8) is 0 Å². The topological polar surface area (TPSA) is 63.7 Å². The largest absolute Gasteiger partial charge is 0.444 e. The first-order valence-corrected chi connectivity index (χ1v) is 10.6. The molecule has 2 atom stereocenters. The van der Waals surface area contributed by atoms with Crippen LogP contribution < -0.4 is 0 Å². The molecule has 1 aliphatic rings. The summed E-state index contributed by atoms with van der Waals surface area (Å²) in [5.41, 5.74) is 0.863. The minimum Gasteiger partial charge on any atom is -0.444 e. The third kappa shape index (κ3) is 4.63. The fourth-order valence-corrected chi connectivity index (χ4v) is 3.96. The Kier molecular flexibility index (Phi) is 6.40. The third-order valence-electron chi connectivity index (χ3n) is 4.64. The molecule has 2 aromatic rings. The van der Waals surface area contributed by atoms with E-state index >= 15 is 0 Å². The van der Waals surface area contributed by atoms with Gasteiger partial charge in [0.15, 0.2) is 0 Å². The molecule has 5 nitrogen and oxygen atoms in total. The molecule has 0 aromatic heterocycles. The molecule has 142 valence electrons. The van der Waals surface area contributed by atoms with E-state index in [1.165, 1.54) is 6.26 Å². The van der Waals surface area contributed by atoms with Gasteiger partial charge in [0.1, 0.15) is 0 Å². The zero-order valence-corrected chi connectivity index (χ0v) is 16.1. The van der Waals surface area contributed by atoms with Crippen molar-refractivity contribution in [1.29, 1.82) is 0 Å². The highest BCUT2D eigenvalue weighted by Gasteiger charge is 2.31. The van der Waals surface area contributed by atoms with Gasteiger partial charge in [-0.2, -0.15) is 0 Å². The number of piperidine rings is 1. The summed E-state index contributed by atoms with van der Waals surface area (Å²) < 4.78 is 17.6. The van der Waals surface area contributed by atoms with E-state index in [1.807, 2.05) is 18.2 Å². The van der Waals surface area contributed by atoms with Crippen molar-refractivity contribution in [2.75, 3.05) is 19.3 Å². The second-order valence-electron chi connectivity index (χ2n) is 6.53. The monoisotopic (exact) mass is 385 g/mol. The van der Waals surface area contributed by atoms with Gasteiger partial charge in [0, 0.05) is 24.9 Å². The second-order valence-corrected chi connectivity index (χ2v) is 7.88. The summed E-state index contributed by atoms with van der Waals surface area (Å²) >= 11 is 0. The van der Waals surface area contributed by atoms with Gasteiger partial charge in [-0.15, -0.1) is 0 Å². The standard InChI is InChI=1S/C21H23NO4S/c1-27(25)18-13-7-6-12-17(18)21(24)26-19(16-10-4-2-5-11-16)20(23)22-14-8-3-9-15-22/h2,4-7,10-13,19H,3,8-9,14-15H2,1H3/t19-,27-/m0/s1. The van der Waals surface area contributed by atoms with Gasteiger partial charge < -0.3 is 9.64 Å². The van der Waals surface area contributed by atoms with Gasteiger partial charge in [-0.05, 0) is 31.4 Å². The summed E-state index contributed by atoms with van der Waals surface area (Å²) in [5.74, 6) is -0.843. The van der Waals surface area contributed by atoms with Gasteiger partial charge in [-0.25, -0.2) is 4.79 Å². The van der Waals surface area contributed by atoms with E-state index in [-0.39, 0.29) is 11.5 Å². The van der Waals surface area contributed by atoms with Crippen LogP contribution in [0.25, 0.3) is 0 Å². The molecular formula is C21H23NO4S. The van der Waals surface area contributed by atoms with Gasteiger partial charge in [0.05, 0.1) is 21.3 Å². The average Bonchev–Trinajstić information content (AvgIpc) is 2.72. The molecule has 1 fully saturated rings. The zero-order valence-electron chi connectivity index (χ0n) is 15.3. The van der Waals surface area contributed by atoms with Crippen LogP contribution in [-0.4, -0.2) is 40.3 Å². The van der Waals surface area contributed by atoms with E-state index in [0.29, 0.717) is 23.5 Å². The highest BCUT2D eigenvalue weighted by Crippen LogP contribution is 2.25. The lowest BCUT2D eigenvalue weighted by molar-refractivity contribution is -0.142. The van der Waals surface area contributed by atoms with E-state index in [4.69, 9.17) is 4.74 Å². The van der Waals surface area contributed by atoms with Crippen LogP contribution in [0.15, 0.2) is 59.5 Å². The molecule has 1 heterocycles. The predicted molar refractivity (Wildman–Crippen MR) is 104 cm³/mol. The van der Waals surface area contributed by atoms with Crippen molar-refractivity contribution in [2.24, 2.45) is 0 Å². The molecule has 0 unspecified atom stereocenters. The number of hydrogen-bond donors (Lipinski definition) is 0. The summed E-state index contributed by atoms with van der Waals surface area (Å²) in [7, 11) is -1.33. The van der Waals surface area contributed by atoms with Crippen molar-refractivity contribution in [2.45, 2.75) is 30.3 Å². The summed E-state index contributed by atoms with van der Waals surface area (Å²) in [5, 5.41) is 0. The van der Waals surface area contributed by atoms with Crippen molar-refractivity contribution >= 4 is 22.7 Å². The molecular weight excluding hydrogens is 362 g/mol. The number of likely N-dealkylation sites (tertiary alicyclic amines) is 1. The predicted octanol–water partition coefficient (Wildman–Crippen LogP) is 3.33. The normalized spacial score (nSPS) is 16.4. The van der Waals surface area contributed by atoms with Gasteiger partial charge >= 0.3 is 5.97 Å². The number of hydrogen-bond acceptors (Lipinski definition) is 4. The van der Waals surface area contributed by atoms with Crippen LogP contribution in [0, 0.1) is 0 Å². The molecule has 3 rings (SSSR count). The third-order valence-corrected chi connectivity index (χ3v) is 5.61. The minimum atomic E-state index is -1.33. The van der Waals surface area contributed by atoms with Crippen molar-refractivity contribution in [3.8, 4) is 0 Å². The summed E-state index contributed by atoms with van der Waals surface area (Å²) in [6.07, 6.45) is 3.53. The van der Waals surface area contributed by atoms with Crippen molar-refractivity contribution in [3.05, 3.63) is 65.7 Å². The lowest BCUT2D eigenvalue weighted by Crippen LogP contribution is -2.40. The van der Waals surface area contributed by atoms with Gasteiger partial charge in [0.25, 0.3) is 5.91 Å². The van der Waals surface area contributed by atoms with Gasteiger partial charge in [-0.1, -0.05) is 42.5 Å². The molecule has 6 heteroatoms. The minimum absolute atomic E-state index is 0.204. The van der Waals surface area contributed by atoms with Gasteiger partial charge in [0.2, 0.25) is 6.10 Å². The first-order chi connectivity index (χ1) is 13.1. The zero-order chi connectivity index (χ0) is 19.2. The number of amides is 1. The fraction of sp³-hybridized carbons (Fsp3) is 0.333. The van der Waals surface area contributed by atoms with Crippen LogP contribution in [0.4, 0.5) is 0 Å². The molecule has 1 aliphatic heterocycles. The smallest absolute Gasteiger partial charge is 0.340 e. The van der Waals surface area contributed by atoms with E-state index in [1.54, 1.807) is 41.3 Å². The number of carbonyl (C=O) groups is 2. The van der Waals surface area contributed by atoms with E-state index in [2.05, 4.69) is 0 Å². The molecule has 1 amide bonds.